The Morgan fingerprint density at radius 1 is 1.00 bits per heavy atom. The Morgan fingerprint density at radius 2 is 1.70 bits per heavy atom. The van der Waals surface area contributed by atoms with Crippen molar-refractivity contribution in [1.29, 1.82) is 0 Å². The number of esters is 1. The van der Waals surface area contributed by atoms with Crippen molar-refractivity contribution in [2.24, 2.45) is 0 Å². The first-order valence-corrected chi connectivity index (χ1v) is 16.2. The van der Waals surface area contributed by atoms with Crippen LogP contribution in [0.25, 0.3) is 5.57 Å². The zero-order chi connectivity index (χ0) is 26.1. The number of benzene rings is 1. The number of hydrogen-bond donors (Lipinski definition) is 0. The van der Waals surface area contributed by atoms with Gasteiger partial charge in [-0.05, 0) is 101 Å². The highest BCUT2D eigenvalue weighted by molar-refractivity contribution is 8.03. The standard InChI is InChI=1S/C32H49NO3S/c1-4-6-8-10-17-32(18-11-9-7-5-2)31-26(16-22-37-31)30-27(23-25(3)24-28(30)36-32)35-29(34)15-14-21-33-19-12-13-20-33/h23-24H,4-22H2,1-3H3. The third-order valence-electron chi connectivity index (χ3n) is 8.25. The quantitative estimate of drug-likeness (QED) is 0.130. The molecule has 0 atom stereocenters. The topological polar surface area (TPSA) is 38.8 Å². The molecule has 37 heavy (non-hydrogen) atoms. The lowest BCUT2D eigenvalue weighted by atomic mass is 9.82. The summed E-state index contributed by atoms with van der Waals surface area (Å²) in [6.07, 6.45) is 17.2. The van der Waals surface area contributed by atoms with Gasteiger partial charge in [-0.2, -0.15) is 0 Å². The number of ether oxygens (including phenoxy) is 2. The SMILES string of the molecule is CCCCCCC1(CCCCCC)Oc2cc(C)cc(OC(=O)CCCN3CCCC3)c2C2=C1SCC2. The van der Waals surface area contributed by atoms with E-state index in [1.54, 1.807) is 0 Å². The number of carbonyl (C=O) groups is 1. The van der Waals surface area contributed by atoms with E-state index in [-0.39, 0.29) is 11.6 Å². The van der Waals surface area contributed by atoms with Crippen molar-refractivity contribution in [2.45, 2.75) is 123 Å². The second-order valence-corrected chi connectivity index (χ2v) is 12.5. The Balaban J connectivity index is 1.54. The number of nitrogens with zero attached hydrogens (tertiary/aromatic N) is 1. The number of aryl methyl sites for hydroxylation is 1. The summed E-state index contributed by atoms with van der Waals surface area (Å²) in [7, 11) is 0. The molecular formula is C32H49NO3S. The molecule has 1 fully saturated rings. The van der Waals surface area contributed by atoms with E-state index in [2.05, 4.69) is 31.7 Å². The summed E-state index contributed by atoms with van der Waals surface area (Å²) in [5.74, 6) is 2.63. The number of fused-ring (bicyclic) bond motifs is 2. The summed E-state index contributed by atoms with van der Waals surface area (Å²) in [4.78, 5) is 16.8. The van der Waals surface area contributed by atoms with E-state index in [0.29, 0.717) is 12.2 Å². The molecule has 206 valence electrons. The second-order valence-electron chi connectivity index (χ2n) is 11.4. The van der Waals surface area contributed by atoms with Gasteiger partial charge in [-0.25, -0.2) is 0 Å². The molecule has 0 bridgehead atoms. The van der Waals surface area contributed by atoms with Gasteiger partial charge in [0.1, 0.15) is 17.1 Å². The Kier molecular flexibility index (Phi) is 10.9. The van der Waals surface area contributed by atoms with Crippen molar-refractivity contribution in [2.75, 3.05) is 25.4 Å². The van der Waals surface area contributed by atoms with Gasteiger partial charge in [0.15, 0.2) is 0 Å². The van der Waals surface area contributed by atoms with Gasteiger partial charge in [0, 0.05) is 17.1 Å². The first-order chi connectivity index (χ1) is 18.1. The molecule has 0 unspecified atom stereocenters. The van der Waals surface area contributed by atoms with E-state index in [1.165, 1.54) is 87.8 Å². The zero-order valence-electron chi connectivity index (χ0n) is 23.7. The minimum atomic E-state index is -0.213. The molecule has 3 aliphatic rings. The lowest BCUT2D eigenvalue weighted by Crippen LogP contribution is -2.40. The van der Waals surface area contributed by atoms with Gasteiger partial charge in [-0.3, -0.25) is 4.79 Å². The Labute approximate surface area is 229 Å². The fourth-order valence-electron chi connectivity index (χ4n) is 6.29. The van der Waals surface area contributed by atoms with E-state index in [1.807, 2.05) is 17.8 Å². The van der Waals surface area contributed by atoms with Gasteiger partial charge in [0.2, 0.25) is 0 Å². The van der Waals surface area contributed by atoms with E-state index >= 15 is 0 Å². The average Bonchev–Trinajstić information content (AvgIpc) is 3.57. The molecule has 0 spiro atoms. The van der Waals surface area contributed by atoms with Crippen LogP contribution in [0.15, 0.2) is 17.0 Å². The van der Waals surface area contributed by atoms with Crippen LogP contribution in [0.2, 0.25) is 0 Å². The fourth-order valence-corrected chi connectivity index (χ4v) is 7.69. The van der Waals surface area contributed by atoms with Gasteiger partial charge < -0.3 is 14.4 Å². The lowest BCUT2D eigenvalue weighted by Gasteiger charge is -2.41. The van der Waals surface area contributed by atoms with Crippen LogP contribution in [0.1, 0.15) is 121 Å². The Morgan fingerprint density at radius 3 is 2.38 bits per heavy atom. The van der Waals surface area contributed by atoms with Crippen LogP contribution < -0.4 is 9.47 Å². The number of carbonyl (C=O) groups excluding carboxylic acids is 1. The van der Waals surface area contributed by atoms with Crippen LogP contribution >= 0.6 is 11.8 Å². The molecule has 4 rings (SSSR count). The predicted octanol–water partition coefficient (Wildman–Crippen LogP) is 8.70. The normalized spacial score (nSPS) is 18.6. The molecule has 0 aliphatic carbocycles. The number of likely N-dealkylation sites (tertiary alicyclic amines) is 1. The minimum absolute atomic E-state index is 0.115. The van der Waals surface area contributed by atoms with Crippen molar-refractivity contribution >= 4 is 23.3 Å². The molecule has 0 N–H and O–H groups in total. The number of rotatable bonds is 15. The highest BCUT2D eigenvalue weighted by Crippen LogP contribution is 2.56. The van der Waals surface area contributed by atoms with E-state index in [9.17, 15) is 4.79 Å². The van der Waals surface area contributed by atoms with E-state index in [4.69, 9.17) is 9.47 Å². The van der Waals surface area contributed by atoms with Gasteiger partial charge in [0.05, 0.1) is 5.56 Å². The van der Waals surface area contributed by atoms with E-state index < -0.39 is 0 Å². The van der Waals surface area contributed by atoms with Crippen LogP contribution in [-0.4, -0.2) is 41.9 Å². The van der Waals surface area contributed by atoms with Gasteiger partial charge in [0.25, 0.3) is 0 Å². The molecule has 3 aliphatic heterocycles. The molecule has 0 saturated carbocycles. The minimum Gasteiger partial charge on any atom is -0.481 e. The molecule has 1 aromatic carbocycles. The first-order valence-electron chi connectivity index (χ1n) is 15.2. The zero-order valence-corrected chi connectivity index (χ0v) is 24.5. The van der Waals surface area contributed by atoms with Crippen LogP contribution in [-0.2, 0) is 4.79 Å². The largest absolute Gasteiger partial charge is 0.481 e. The molecule has 1 saturated heterocycles. The third kappa shape index (κ3) is 7.35. The van der Waals surface area contributed by atoms with Gasteiger partial charge in [-0.15, -0.1) is 11.8 Å². The lowest BCUT2D eigenvalue weighted by molar-refractivity contribution is -0.134. The summed E-state index contributed by atoms with van der Waals surface area (Å²) >= 11 is 1.99. The van der Waals surface area contributed by atoms with Crippen molar-refractivity contribution in [3.05, 3.63) is 28.2 Å². The molecule has 4 nitrogen and oxygen atoms in total. The van der Waals surface area contributed by atoms with Gasteiger partial charge >= 0.3 is 5.97 Å². The molecule has 1 aromatic rings. The van der Waals surface area contributed by atoms with Crippen molar-refractivity contribution < 1.29 is 14.3 Å². The molecule has 3 heterocycles. The molecule has 0 radical (unpaired) electrons. The predicted molar refractivity (Wildman–Crippen MR) is 157 cm³/mol. The maximum Gasteiger partial charge on any atom is 0.311 e. The monoisotopic (exact) mass is 527 g/mol. The van der Waals surface area contributed by atoms with Gasteiger partial charge in [-0.1, -0.05) is 52.4 Å². The number of allylic oxidation sites excluding steroid dienone is 1. The molecule has 5 heteroatoms. The van der Waals surface area contributed by atoms with Crippen LogP contribution in [0.5, 0.6) is 11.5 Å². The average molecular weight is 528 g/mol. The maximum atomic E-state index is 12.9. The number of hydrogen-bond acceptors (Lipinski definition) is 5. The van der Waals surface area contributed by atoms with Crippen LogP contribution in [0.3, 0.4) is 0 Å². The summed E-state index contributed by atoms with van der Waals surface area (Å²) in [6, 6.07) is 4.23. The highest BCUT2D eigenvalue weighted by Gasteiger charge is 2.45. The summed E-state index contributed by atoms with van der Waals surface area (Å²) in [5.41, 5.74) is 3.32. The van der Waals surface area contributed by atoms with Crippen molar-refractivity contribution in [3.8, 4) is 11.5 Å². The molecule has 0 amide bonds. The summed E-state index contributed by atoms with van der Waals surface area (Å²) in [5, 5.41) is 0. The number of unbranched alkanes of at least 4 members (excludes halogenated alkanes) is 6. The second kappa shape index (κ2) is 14.1. The summed E-state index contributed by atoms with van der Waals surface area (Å²) < 4.78 is 13.1. The molecular weight excluding hydrogens is 478 g/mol. The smallest absolute Gasteiger partial charge is 0.311 e. The fraction of sp³-hybridized carbons (Fsp3) is 0.719. The van der Waals surface area contributed by atoms with Crippen LogP contribution in [0.4, 0.5) is 0 Å². The molecule has 0 aromatic heterocycles. The maximum absolute atomic E-state index is 12.9. The highest BCUT2D eigenvalue weighted by atomic mass is 32.2. The van der Waals surface area contributed by atoms with Crippen molar-refractivity contribution in [3.63, 3.8) is 0 Å². The number of thioether (sulfide) groups is 1. The Hall–Kier alpha value is -1.46. The van der Waals surface area contributed by atoms with Crippen LogP contribution in [0, 0.1) is 6.92 Å². The van der Waals surface area contributed by atoms with Crippen molar-refractivity contribution in [1.82, 2.24) is 4.90 Å². The summed E-state index contributed by atoms with van der Waals surface area (Å²) in [6.45, 7) is 9.98. The van der Waals surface area contributed by atoms with E-state index in [0.717, 1.165) is 54.9 Å². The first kappa shape index (κ1) is 28.5. The Bertz CT molecular complexity index is 922. The third-order valence-corrected chi connectivity index (χ3v) is 9.57.